The molecule has 1 atom stereocenters. The second kappa shape index (κ2) is 8.88. The van der Waals surface area contributed by atoms with Gasteiger partial charge in [0.25, 0.3) is 0 Å². The average Bonchev–Trinajstić information content (AvgIpc) is 3.22. The van der Waals surface area contributed by atoms with Crippen LogP contribution in [0.2, 0.25) is 0 Å². The topological polar surface area (TPSA) is 126 Å². The van der Waals surface area contributed by atoms with E-state index in [0.29, 0.717) is 29.7 Å². The van der Waals surface area contributed by atoms with Gasteiger partial charge in [-0.3, -0.25) is 4.57 Å². The molecule has 3 heterocycles. The van der Waals surface area contributed by atoms with Gasteiger partial charge in [-0.05, 0) is 39.0 Å². The van der Waals surface area contributed by atoms with Gasteiger partial charge in [0, 0.05) is 12.3 Å². The van der Waals surface area contributed by atoms with Gasteiger partial charge in [0.15, 0.2) is 5.82 Å². The fourth-order valence-corrected chi connectivity index (χ4v) is 3.21. The molecule has 4 aromatic rings. The molecule has 1 aromatic carbocycles. The summed E-state index contributed by atoms with van der Waals surface area (Å²) in [6.07, 6.45) is 4.69. The van der Waals surface area contributed by atoms with Crippen LogP contribution in [0.15, 0.2) is 59.9 Å². The number of hydrogen-bond acceptors (Lipinski definition) is 8. The van der Waals surface area contributed by atoms with Crippen LogP contribution in [0.3, 0.4) is 0 Å². The van der Waals surface area contributed by atoms with Crippen LogP contribution in [0.5, 0.6) is 5.88 Å². The van der Waals surface area contributed by atoms with Gasteiger partial charge in [0.05, 0.1) is 23.6 Å². The first kappa shape index (κ1) is 21.0. The zero-order chi connectivity index (χ0) is 22.7. The molecule has 0 saturated carbocycles. The number of nitrogens with two attached hydrogens (primary N) is 1. The van der Waals surface area contributed by atoms with Gasteiger partial charge in [-0.1, -0.05) is 17.7 Å². The average molecular weight is 432 g/mol. The zero-order valence-electron chi connectivity index (χ0n) is 18.1. The van der Waals surface area contributed by atoms with Gasteiger partial charge in [-0.15, -0.1) is 0 Å². The molecule has 3 aromatic heterocycles. The molecule has 0 saturated heterocycles. The molecule has 0 bridgehead atoms. The Labute approximate surface area is 184 Å². The molecular weight excluding hydrogens is 408 g/mol. The van der Waals surface area contributed by atoms with Crippen molar-refractivity contribution in [2.24, 2.45) is 0 Å². The van der Waals surface area contributed by atoms with E-state index in [2.05, 4.69) is 25.4 Å². The molecule has 10 nitrogen and oxygen atoms in total. The van der Waals surface area contributed by atoms with Crippen LogP contribution in [-0.4, -0.2) is 41.9 Å². The first-order valence-electron chi connectivity index (χ1n) is 10.1. The monoisotopic (exact) mass is 432 g/mol. The summed E-state index contributed by atoms with van der Waals surface area (Å²) in [6.45, 7) is 6.13. The van der Waals surface area contributed by atoms with Gasteiger partial charge in [-0.2, -0.15) is 10.1 Å². The van der Waals surface area contributed by atoms with E-state index in [9.17, 15) is 4.79 Å². The lowest BCUT2D eigenvalue weighted by atomic mass is 10.2. The second-order valence-electron chi connectivity index (χ2n) is 7.43. The van der Waals surface area contributed by atoms with E-state index >= 15 is 0 Å². The molecule has 4 rings (SSSR count). The molecule has 0 aliphatic carbocycles. The lowest BCUT2D eigenvalue weighted by molar-refractivity contribution is 0.284. The first-order valence-corrected chi connectivity index (χ1v) is 10.1. The van der Waals surface area contributed by atoms with Crippen molar-refractivity contribution >= 4 is 11.6 Å². The van der Waals surface area contributed by atoms with Crippen LogP contribution in [0, 0.1) is 13.8 Å². The first-order chi connectivity index (χ1) is 15.4. The van der Waals surface area contributed by atoms with Gasteiger partial charge >= 0.3 is 5.69 Å². The Balaban J connectivity index is 1.51. The molecule has 164 valence electrons. The highest BCUT2D eigenvalue weighted by Gasteiger charge is 2.16. The number of rotatable bonds is 7. The molecule has 0 aliphatic heterocycles. The van der Waals surface area contributed by atoms with Crippen molar-refractivity contribution in [3.05, 3.63) is 76.9 Å². The Kier molecular flexibility index (Phi) is 5.84. The maximum Gasteiger partial charge on any atom is 0.354 e. The predicted octanol–water partition coefficient (Wildman–Crippen LogP) is 2.29. The number of ether oxygens (including phenoxy) is 1. The summed E-state index contributed by atoms with van der Waals surface area (Å²) < 4.78 is 9.12. The van der Waals surface area contributed by atoms with Gasteiger partial charge in [-0.25, -0.2) is 19.4 Å². The summed E-state index contributed by atoms with van der Waals surface area (Å²) in [4.78, 5) is 24.7. The molecule has 0 fully saturated rings. The molecule has 0 radical (unpaired) electrons. The minimum atomic E-state index is -0.503. The molecule has 1 unspecified atom stereocenters. The molecule has 10 heteroatoms. The Hall–Kier alpha value is -4.21. The molecule has 32 heavy (non-hydrogen) atoms. The molecule has 0 spiro atoms. The highest BCUT2D eigenvalue weighted by atomic mass is 16.5. The van der Waals surface area contributed by atoms with E-state index < -0.39 is 5.69 Å². The lowest BCUT2D eigenvalue weighted by Crippen LogP contribution is -2.28. The normalized spacial score (nSPS) is 11.8. The number of nitrogens with one attached hydrogen (secondary N) is 1. The molecule has 3 N–H and O–H groups in total. The van der Waals surface area contributed by atoms with E-state index in [1.807, 2.05) is 44.2 Å². The van der Waals surface area contributed by atoms with E-state index in [0.717, 1.165) is 5.69 Å². The van der Waals surface area contributed by atoms with Crippen LogP contribution >= 0.6 is 0 Å². The zero-order valence-corrected chi connectivity index (χ0v) is 18.1. The fourth-order valence-electron chi connectivity index (χ4n) is 3.21. The standard InChI is InChI=1S/C22H24N8O2/c1-14-4-6-17(7-5-14)30-19(8-10-26-30)32-12-15(2)27-21-20(16(3)24-13-25-21)29-11-9-18(23)28-22(29)31/h4-11,13,15H,12H2,1-3H3,(H2,23,28,31)(H,24,25,27). The van der Waals surface area contributed by atoms with E-state index in [4.69, 9.17) is 10.5 Å². The van der Waals surface area contributed by atoms with Crippen molar-refractivity contribution in [1.82, 2.24) is 29.3 Å². The van der Waals surface area contributed by atoms with E-state index in [1.54, 1.807) is 30.1 Å². The third-order valence-electron chi connectivity index (χ3n) is 4.82. The summed E-state index contributed by atoms with van der Waals surface area (Å²) >= 11 is 0. The smallest absolute Gasteiger partial charge is 0.354 e. The van der Waals surface area contributed by atoms with Crippen LogP contribution in [0.4, 0.5) is 11.6 Å². The third-order valence-corrected chi connectivity index (χ3v) is 4.82. The number of benzene rings is 1. The number of nitrogens with zero attached hydrogens (tertiary/aromatic N) is 6. The van der Waals surface area contributed by atoms with Crippen LogP contribution < -0.4 is 21.5 Å². The molecular formula is C22H24N8O2. The summed E-state index contributed by atoms with van der Waals surface area (Å²) in [7, 11) is 0. The largest absolute Gasteiger partial charge is 0.475 e. The number of hydrogen-bond donors (Lipinski definition) is 2. The second-order valence-corrected chi connectivity index (χ2v) is 7.43. The molecule has 0 amide bonds. The summed E-state index contributed by atoms with van der Waals surface area (Å²) in [5.74, 6) is 1.28. The lowest BCUT2D eigenvalue weighted by Gasteiger charge is -2.19. The van der Waals surface area contributed by atoms with Crippen LogP contribution in [0.1, 0.15) is 18.2 Å². The Bertz CT molecular complexity index is 1280. The highest BCUT2D eigenvalue weighted by molar-refractivity contribution is 5.58. The summed E-state index contributed by atoms with van der Waals surface area (Å²) in [6, 6.07) is 11.3. The van der Waals surface area contributed by atoms with Crippen molar-refractivity contribution < 1.29 is 4.74 Å². The fraction of sp³-hybridized carbons (Fsp3) is 0.227. The van der Waals surface area contributed by atoms with Gasteiger partial charge in [0.1, 0.15) is 24.4 Å². The van der Waals surface area contributed by atoms with Crippen molar-refractivity contribution in [3.8, 4) is 17.3 Å². The van der Waals surface area contributed by atoms with Gasteiger partial charge in [0.2, 0.25) is 5.88 Å². The summed E-state index contributed by atoms with van der Waals surface area (Å²) in [5.41, 5.74) is 8.34. The maximum absolute atomic E-state index is 12.4. The predicted molar refractivity (Wildman–Crippen MR) is 121 cm³/mol. The van der Waals surface area contributed by atoms with Gasteiger partial charge < -0.3 is 15.8 Å². The van der Waals surface area contributed by atoms with Crippen LogP contribution in [-0.2, 0) is 0 Å². The van der Waals surface area contributed by atoms with Crippen molar-refractivity contribution in [2.45, 2.75) is 26.8 Å². The minimum absolute atomic E-state index is 0.137. The number of aryl methyl sites for hydroxylation is 2. The highest BCUT2D eigenvalue weighted by Crippen LogP contribution is 2.21. The maximum atomic E-state index is 12.4. The number of anilines is 2. The van der Waals surface area contributed by atoms with Crippen molar-refractivity contribution in [3.63, 3.8) is 0 Å². The quantitative estimate of drug-likeness (QED) is 0.456. The van der Waals surface area contributed by atoms with E-state index in [1.165, 1.54) is 16.5 Å². The third kappa shape index (κ3) is 4.43. The Morgan fingerprint density at radius 1 is 1.12 bits per heavy atom. The Morgan fingerprint density at radius 3 is 2.66 bits per heavy atom. The van der Waals surface area contributed by atoms with Crippen LogP contribution in [0.25, 0.3) is 11.4 Å². The minimum Gasteiger partial charge on any atom is -0.475 e. The summed E-state index contributed by atoms with van der Waals surface area (Å²) in [5, 5.41) is 7.65. The SMILES string of the molecule is Cc1ccc(-n2nccc2OCC(C)Nc2ncnc(C)c2-n2ccc(N)nc2=O)cc1. The number of nitrogen functional groups attached to an aromatic ring is 1. The van der Waals surface area contributed by atoms with Crippen molar-refractivity contribution in [1.29, 1.82) is 0 Å². The Morgan fingerprint density at radius 2 is 1.91 bits per heavy atom. The van der Waals surface area contributed by atoms with E-state index in [-0.39, 0.29) is 11.9 Å². The van der Waals surface area contributed by atoms with Crippen molar-refractivity contribution in [2.75, 3.05) is 17.7 Å². The molecule has 0 aliphatic rings. The number of aromatic nitrogens is 6.